The maximum Gasteiger partial charge on any atom is 0.145 e. The van der Waals surface area contributed by atoms with Gasteiger partial charge in [0.2, 0.25) is 0 Å². The summed E-state index contributed by atoms with van der Waals surface area (Å²) >= 11 is 0. The molecule has 0 atom stereocenters. The number of fused-ring (bicyclic) bond motifs is 13. The summed E-state index contributed by atoms with van der Waals surface area (Å²) < 4.78 is 2.26. The maximum atomic E-state index is 5.12. The molecule has 600 valence electrons. The highest BCUT2D eigenvalue weighted by atomic mass is 15.1. The largest absolute Gasteiger partial charge is 0.292 e. The van der Waals surface area contributed by atoms with Crippen molar-refractivity contribution in [2.45, 2.75) is 0 Å². The number of rotatable bonds is 10. The number of hydrogen-bond donors (Lipinski definition) is 0. The third kappa shape index (κ3) is 13.6. The molecule has 0 aliphatic rings. The molecule has 0 saturated heterocycles. The molecule has 2 nitrogen and oxygen atoms in total. The highest BCUT2D eigenvalue weighted by Gasteiger charge is 2.24. The van der Waals surface area contributed by atoms with E-state index in [1.807, 2.05) is 0 Å². The Labute approximate surface area is 748 Å². The lowest BCUT2D eigenvalue weighted by molar-refractivity contribution is 1.10. The standard InChI is InChI=1S/C53H34N2.C40H26.C34H22/c1-2-16-44(17-3-1)55-50-21-11-10-20-49(50)54-53(55)38-26-22-37(23-27-38)41-30-31-47-48(34-41)52(43-29-25-36-13-5-7-15-40(36)33-43)46-19-9-8-18-45(46)51(47)42-28-24-35-12-4-6-14-39(35)32-42;1-2-12-31-26-32(25-22-27(31)10-1)28-20-23-30(24-21-28)39-35-15-5-7-17-37(35)40(38-18-8-6-16-36(38)39)34-19-9-13-29-11-3-4-14-33(29)34;1-2-12-25-22-26(21-20-23(25)10-1)33-29-15-5-7-17-31(29)34(32-18-8-6-16-30(32)33)28-19-9-13-24-11-3-4-14-27(24)28/h1-34H;1-26H;1-22H. The van der Waals surface area contributed by atoms with Crippen LogP contribution in [0.25, 0.3) is 246 Å². The van der Waals surface area contributed by atoms with Crippen LogP contribution < -0.4 is 0 Å². The average Bonchev–Trinajstić information content (AvgIpc) is 1.54. The van der Waals surface area contributed by atoms with E-state index in [1.54, 1.807) is 0 Å². The molecule has 0 spiro atoms. The van der Waals surface area contributed by atoms with Gasteiger partial charge in [0.05, 0.1) is 11.0 Å². The summed E-state index contributed by atoms with van der Waals surface area (Å²) in [5.74, 6) is 0.933. The monoisotopic (exact) mass is 1630 g/mol. The van der Waals surface area contributed by atoms with Crippen molar-refractivity contribution in [1.29, 1.82) is 0 Å². The van der Waals surface area contributed by atoms with Gasteiger partial charge in [-0.2, -0.15) is 0 Å². The smallest absolute Gasteiger partial charge is 0.145 e. The first-order valence-electron chi connectivity index (χ1n) is 44.5. The van der Waals surface area contributed by atoms with Crippen LogP contribution >= 0.6 is 0 Å². The number of hydrogen-bond acceptors (Lipinski definition) is 1. The van der Waals surface area contributed by atoms with Crippen molar-refractivity contribution in [3.8, 4) is 106 Å². The van der Waals surface area contributed by atoms with Gasteiger partial charge in [-0.15, -0.1) is 0 Å². The van der Waals surface area contributed by atoms with E-state index in [-0.39, 0.29) is 0 Å². The lowest BCUT2D eigenvalue weighted by atomic mass is 9.84. The van der Waals surface area contributed by atoms with Gasteiger partial charge in [0, 0.05) is 11.3 Å². The van der Waals surface area contributed by atoms with Crippen molar-refractivity contribution in [3.63, 3.8) is 0 Å². The van der Waals surface area contributed by atoms with Crippen molar-refractivity contribution < 1.29 is 0 Å². The zero-order valence-electron chi connectivity index (χ0n) is 70.7. The molecule has 0 saturated carbocycles. The molecule has 0 radical (unpaired) electrons. The second kappa shape index (κ2) is 32.3. The van der Waals surface area contributed by atoms with Crippen LogP contribution in [0.15, 0.2) is 497 Å². The fourth-order valence-corrected chi connectivity index (χ4v) is 20.4. The van der Waals surface area contributed by atoms with Crippen molar-refractivity contribution in [1.82, 2.24) is 9.55 Å². The van der Waals surface area contributed by atoms with Gasteiger partial charge in [-0.1, -0.05) is 443 Å². The van der Waals surface area contributed by atoms with E-state index in [0.29, 0.717) is 0 Å². The Morgan fingerprint density at radius 1 is 0.140 bits per heavy atom. The predicted octanol–water partition coefficient (Wildman–Crippen LogP) is 35.2. The Balaban J connectivity index is 0.000000111. The van der Waals surface area contributed by atoms with Gasteiger partial charge in [0.25, 0.3) is 0 Å². The Hall–Kier alpha value is -16.9. The molecule has 0 N–H and O–H groups in total. The third-order valence-corrected chi connectivity index (χ3v) is 26.4. The Morgan fingerprint density at radius 3 is 0.814 bits per heavy atom. The van der Waals surface area contributed by atoms with Gasteiger partial charge in [0.1, 0.15) is 5.82 Å². The molecule has 0 aliphatic carbocycles. The zero-order valence-corrected chi connectivity index (χ0v) is 70.7. The molecular weight excluding hydrogens is 1550 g/mol. The van der Waals surface area contributed by atoms with E-state index in [0.717, 1.165) is 33.7 Å². The summed E-state index contributed by atoms with van der Waals surface area (Å²) in [5, 5.41) is 30.5. The SMILES string of the molecule is c1ccc(-n2c(-c3ccc(-c4ccc5c(-c6ccc7ccccc7c6)c6ccccc6c(-c6ccc7ccccc7c6)c5c4)cc3)nc3ccccc32)cc1.c1ccc2cc(-c3c4ccccc4c(-c4cccc5ccccc45)c4ccccc34)ccc2c1.c1ccc2cc(-c3ccc(-c4c5ccccc5c(-c5cccc6ccccc56)c5ccccc45)cc3)ccc2c1. The fourth-order valence-electron chi connectivity index (χ4n) is 20.4. The Kier molecular flexibility index (Phi) is 19.0. The molecule has 129 heavy (non-hydrogen) atoms. The molecule has 0 bridgehead atoms. The molecule has 0 aliphatic heterocycles. The molecule has 0 amide bonds. The number of imidazole rings is 1. The first-order valence-corrected chi connectivity index (χ1v) is 44.5. The Morgan fingerprint density at radius 2 is 0.403 bits per heavy atom. The predicted molar refractivity (Wildman–Crippen MR) is 553 cm³/mol. The van der Waals surface area contributed by atoms with Gasteiger partial charge >= 0.3 is 0 Å². The van der Waals surface area contributed by atoms with Crippen LogP contribution in [0.1, 0.15) is 0 Å². The summed E-state index contributed by atoms with van der Waals surface area (Å²) in [6, 6.07) is 181. The molecule has 25 aromatic carbocycles. The normalized spacial score (nSPS) is 11.6. The highest BCUT2D eigenvalue weighted by Crippen LogP contribution is 2.51. The van der Waals surface area contributed by atoms with E-state index in [1.165, 1.54) is 213 Å². The van der Waals surface area contributed by atoms with E-state index in [9.17, 15) is 0 Å². The molecular formula is C127H82N2. The van der Waals surface area contributed by atoms with E-state index in [4.69, 9.17) is 4.98 Å². The second-order valence-corrected chi connectivity index (χ2v) is 33.8. The molecule has 2 heteroatoms. The second-order valence-electron chi connectivity index (χ2n) is 33.8. The van der Waals surface area contributed by atoms with Gasteiger partial charge in [0.15, 0.2) is 0 Å². The molecule has 1 heterocycles. The molecule has 1 aromatic heterocycles. The number of nitrogens with zero attached hydrogens (tertiary/aromatic N) is 2. The van der Waals surface area contributed by atoms with Crippen LogP contribution in [0.4, 0.5) is 0 Å². The van der Waals surface area contributed by atoms with E-state index >= 15 is 0 Å². The highest BCUT2D eigenvalue weighted by molar-refractivity contribution is 6.27. The fraction of sp³-hybridized carbons (Fsp3) is 0. The number of benzene rings is 25. The van der Waals surface area contributed by atoms with Gasteiger partial charge in [-0.05, 0) is 273 Å². The summed E-state index contributed by atoms with van der Waals surface area (Å²) in [6.45, 7) is 0. The van der Waals surface area contributed by atoms with Crippen LogP contribution in [0.2, 0.25) is 0 Å². The molecule has 0 fully saturated rings. The van der Waals surface area contributed by atoms with Crippen LogP contribution in [0.5, 0.6) is 0 Å². The minimum absolute atomic E-state index is 0.933. The van der Waals surface area contributed by atoms with E-state index < -0.39 is 0 Å². The lowest BCUT2D eigenvalue weighted by Gasteiger charge is -2.19. The third-order valence-electron chi connectivity index (χ3n) is 26.4. The van der Waals surface area contributed by atoms with Gasteiger partial charge in [-0.3, -0.25) is 4.57 Å². The van der Waals surface area contributed by atoms with Crippen molar-refractivity contribution in [2.24, 2.45) is 0 Å². The molecule has 0 unspecified atom stereocenters. The quantitative estimate of drug-likeness (QED) is 0.125. The van der Waals surface area contributed by atoms with Crippen molar-refractivity contribution in [2.75, 3.05) is 0 Å². The average molecular weight is 1640 g/mol. The number of para-hydroxylation sites is 3. The maximum absolute atomic E-state index is 5.12. The van der Waals surface area contributed by atoms with Gasteiger partial charge in [-0.25, -0.2) is 4.98 Å². The minimum atomic E-state index is 0.933. The van der Waals surface area contributed by atoms with Crippen LogP contribution in [0, 0.1) is 0 Å². The topological polar surface area (TPSA) is 17.8 Å². The summed E-state index contributed by atoms with van der Waals surface area (Å²) in [6.07, 6.45) is 0. The minimum Gasteiger partial charge on any atom is -0.292 e. The first-order chi connectivity index (χ1) is 64.0. The van der Waals surface area contributed by atoms with Crippen LogP contribution in [-0.4, -0.2) is 9.55 Å². The first kappa shape index (κ1) is 75.8. The summed E-state index contributed by atoms with van der Waals surface area (Å²) in [5.41, 5.74) is 24.3. The molecule has 26 aromatic rings. The molecule has 26 rings (SSSR count). The van der Waals surface area contributed by atoms with Crippen molar-refractivity contribution >= 4 is 140 Å². The Bertz CT molecular complexity index is 8800. The number of aromatic nitrogens is 2. The van der Waals surface area contributed by atoms with Crippen molar-refractivity contribution in [3.05, 3.63) is 497 Å². The van der Waals surface area contributed by atoms with E-state index in [2.05, 4.69) is 502 Å². The summed E-state index contributed by atoms with van der Waals surface area (Å²) in [4.78, 5) is 5.12. The van der Waals surface area contributed by atoms with Gasteiger partial charge < -0.3 is 0 Å². The van der Waals surface area contributed by atoms with Crippen LogP contribution in [0.3, 0.4) is 0 Å². The zero-order chi connectivity index (χ0) is 85.2. The van der Waals surface area contributed by atoms with Crippen LogP contribution in [-0.2, 0) is 0 Å². The lowest BCUT2D eigenvalue weighted by Crippen LogP contribution is -1.97. The summed E-state index contributed by atoms with van der Waals surface area (Å²) in [7, 11) is 0.